The number of carbonyl (C=O) groups is 3. The van der Waals surface area contributed by atoms with Gasteiger partial charge in [0, 0.05) is 29.5 Å². The highest BCUT2D eigenvalue weighted by Gasteiger charge is 2.19. The first kappa shape index (κ1) is 27.2. The van der Waals surface area contributed by atoms with E-state index in [4.69, 9.17) is 11.6 Å². The molecular weight excluding hydrogens is 500 g/mol. The van der Waals surface area contributed by atoms with Gasteiger partial charge in [-0.1, -0.05) is 67.3 Å². The highest BCUT2D eigenvalue weighted by atomic mass is 35.5. The van der Waals surface area contributed by atoms with Gasteiger partial charge in [0.2, 0.25) is 11.8 Å². The van der Waals surface area contributed by atoms with Gasteiger partial charge in [-0.05, 0) is 61.2 Å². The van der Waals surface area contributed by atoms with Crippen molar-refractivity contribution in [2.75, 3.05) is 22.5 Å². The van der Waals surface area contributed by atoms with Gasteiger partial charge in [0.15, 0.2) is 0 Å². The van der Waals surface area contributed by atoms with E-state index in [0.717, 1.165) is 31.2 Å². The summed E-state index contributed by atoms with van der Waals surface area (Å²) in [7, 11) is 0. The highest BCUT2D eigenvalue weighted by molar-refractivity contribution is 6.34. The van der Waals surface area contributed by atoms with Crippen molar-refractivity contribution in [2.24, 2.45) is 0 Å². The first-order valence-corrected chi connectivity index (χ1v) is 13.4. The maximum Gasteiger partial charge on any atom is 0.253 e. The van der Waals surface area contributed by atoms with E-state index in [0.29, 0.717) is 40.5 Å². The van der Waals surface area contributed by atoms with Gasteiger partial charge in [-0.3, -0.25) is 14.4 Å². The molecule has 1 saturated carbocycles. The molecule has 0 radical (unpaired) electrons. The van der Waals surface area contributed by atoms with Gasteiger partial charge >= 0.3 is 0 Å². The lowest BCUT2D eigenvalue weighted by Crippen LogP contribution is -2.36. The smallest absolute Gasteiger partial charge is 0.253 e. The summed E-state index contributed by atoms with van der Waals surface area (Å²) in [5.74, 6) is -0.552. The molecule has 4 N–H and O–H groups in total. The van der Waals surface area contributed by atoms with Crippen LogP contribution in [-0.4, -0.2) is 30.3 Å². The third-order valence-electron chi connectivity index (χ3n) is 6.52. The lowest BCUT2D eigenvalue weighted by Gasteiger charge is -2.23. The van der Waals surface area contributed by atoms with E-state index >= 15 is 0 Å². The summed E-state index contributed by atoms with van der Waals surface area (Å²) in [4.78, 5) is 37.7. The Morgan fingerprint density at radius 3 is 2.21 bits per heavy atom. The van der Waals surface area contributed by atoms with E-state index in [1.54, 1.807) is 42.5 Å². The number of anilines is 3. The highest BCUT2D eigenvalue weighted by Crippen LogP contribution is 2.23. The van der Waals surface area contributed by atoms with Gasteiger partial charge in [-0.15, -0.1) is 0 Å². The predicted octanol–water partition coefficient (Wildman–Crippen LogP) is 6.02. The van der Waals surface area contributed by atoms with Crippen molar-refractivity contribution in [3.63, 3.8) is 0 Å². The van der Waals surface area contributed by atoms with Crippen LogP contribution >= 0.6 is 11.6 Å². The van der Waals surface area contributed by atoms with E-state index < -0.39 is 0 Å². The number of hydrogen-bond donors (Lipinski definition) is 4. The SMILES string of the molecule is O=C(CCc1ccccc1)Nc1cccc(NC(=O)CNc2ccc(Cl)c(C(=O)NC3CCCCC3)c2)c1. The second kappa shape index (κ2) is 13.6. The molecule has 7 nitrogen and oxygen atoms in total. The van der Waals surface area contributed by atoms with Crippen molar-refractivity contribution in [1.82, 2.24) is 5.32 Å². The van der Waals surface area contributed by atoms with Crippen molar-refractivity contribution in [3.8, 4) is 0 Å². The first-order chi connectivity index (χ1) is 18.5. The van der Waals surface area contributed by atoms with Crippen LogP contribution in [0.25, 0.3) is 0 Å². The van der Waals surface area contributed by atoms with Crippen LogP contribution in [0, 0.1) is 0 Å². The van der Waals surface area contributed by atoms with Crippen LogP contribution in [-0.2, 0) is 16.0 Å². The first-order valence-electron chi connectivity index (χ1n) is 13.0. The zero-order valence-corrected chi connectivity index (χ0v) is 22.0. The molecule has 1 fully saturated rings. The fourth-order valence-corrected chi connectivity index (χ4v) is 4.71. The quantitative estimate of drug-likeness (QED) is 0.256. The summed E-state index contributed by atoms with van der Waals surface area (Å²) in [6, 6.07) is 22.1. The number of amides is 3. The van der Waals surface area contributed by atoms with E-state index in [-0.39, 0.29) is 30.3 Å². The zero-order valence-electron chi connectivity index (χ0n) is 21.3. The third kappa shape index (κ3) is 8.35. The fourth-order valence-electron chi connectivity index (χ4n) is 4.51. The maximum absolute atomic E-state index is 12.8. The van der Waals surface area contributed by atoms with Crippen LogP contribution in [0.15, 0.2) is 72.8 Å². The van der Waals surface area contributed by atoms with Crippen LogP contribution in [0.5, 0.6) is 0 Å². The van der Waals surface area contributed by atoms with E-state index in [1.807, 2.05) is 30.3 Å². The average molecular weight is 533 g/mol. The van der Waals surface area contributed by atoms with E-state index in [2.05, 4.69) is 21.3 Å². The summed E-state index contributed by atoms with van der Waals surface area (Å²) in [5, 5.41) is 12.2. The Morgan fingerprint density at radius 2 is 1.47 bits per heavy atom. The summed E-state index contributed by atoms with van der Waals surface area (Å²) in [5.41, 5.74) is 3.30. The van der Waals surface area contributed by atoms with Crippen molar-refractivity contribution < 1.29 is 14.4 Å². The van der Waals surface area contributed by atoms with Gasteiger partial charge in [-0.25, -0.2) is 0 Å². The summed E-state index contributed by atoms with van der Waals surface area (Å²) in [6.45, 7) is -0.00101. The molecule has 1 aliphatic rings. The molecule has 198 valence electrons. The summed E-state index contributed by atoms with van der Waals surface area (Å²) in [6.07, 6.45) is 6.45. The molecule has 38 heavy (non-hydrogen) atoms. The third-order valence-corrected chi connectivity index (χ3v) is 6.85. The molecule has 0 aromatic heterocycles. The van der Waals surface area contributed by atoms with Crippen LogP contribution < -0.4 is 21.3 Å². The fraction of sp³-hybridized carbons (Fsp3) is 0.300. The lowest BCUT2D eigenvalue weighted by molar-refractivity contribution is -0.116. The van der Waals surface area contributed by atoms with E-state index in [9.17, 15) is 14.4 Å². The minimum Gasteiger partial charge on any atom is -0.376 e. The number of halogens is 1. The molecule has 0 bridgehead atoms. The topological polar surface area (TPSA) is 99.3 Å². The standard InChI is InChI=1S/C30H33ClN4O3/c31-27-16-15-23(19-26(27)30(38)35-22-10-5-2-6-11-22)32-20-29(37)34-25-13-7-12-24(18-25)33-28(36)17-14-21-8-3-1-4-9-21/h1,3-4,7-9,12-13,15-16,18-19,22,32H,2,5-6,10-11,14,17,20H2,(H,33,36)(H,34,37)(H,35,38). The summed E-state index contributed by atoms with van der Waals surface area (Å²) >= 11 is 6.28. The van der Waals surface area contributed by atoms with Gasteiger partial charge in [-0.2, -0.15) is 0 Å². The van der Waals surface area contributed by atoms with Crippen LogP contribution in [0.4, 0.5) is 17.1 Å². The van der Waals surface area contributed by atoms with Crippen LogP contribution in [0.2, 0.25) is 5.02 Å². The maximum atomic E-state index is 12.8. The Labute approximate surface area is 228 Å². The normalized spacial score (nSPS) is 13.4. The van der Waals surface area contributed by atoms with Gasteiger partial charge in [0.05, 0.1) is 17.1 Å². The minimum absolute atomic E-state index is 0.00101. The lowest BCUT2D eigenvalue weighted by atomic mass is 9.95. The number of rotatable bonds is 10. The molecule has 4 rings (SSSR count). The zero-order chi connectivity index (χ0) is 26.7. The molecular formula is C30H33ClN4O3. The molecule has 0 aliphatic heterocycles. The van der Waals surface area contributed by atoms with Crippen molar-refractivity contribution in [1.29, 1.82) is 0 Å². The Kier molecular flexibility index (Phi) is 9.76. The van der Waals surface area contributed by atoms with Crippen molar-refractivity contribution in [3.05, 3.63) is 88.9 Å². The molecule has 3 aromatic rings. The minimum atomic E-state index is -0.263. The molecule has 0 saturated heterocycles. The Bertz CT molecular complexity index is 1260. The molecule has 1 aliphatic carbocycles. The van der Waals surface area contributed by atoms with Crippen LogP contribution in [0.3, 0.4) is 0 Å². The predicted molar refractivity (Wildman–Crippen MR) is 153 cm³/mol. The molecule has 0 atom stereocenters. The molecule has 3 amide bonds. The second-order valence-corrected chi connectivity index (χ2v) is 9.93. The Balaban J connectivity index is 1.26. The molecule has 0 heterocycles. The number of nitrogens with one attached hydrogen (secondary N) is 4. The number of benzene rings is 3. The number of aryl methyl sites for hydroxylation is 1. The Hall–Kier alpha value is -3.84. The average Bonchev–Trinajstić information content (AvgIpc) is 2.93. The van der Waals surface area contributed by atoms with E-state index in [1.165, 1.54) is 6.42 Å². The van der Waals surface area contributed by atoms with Crippen LogP contribution in [0.1, 0.15) is 54.4 Å². The number of hydrogen-bond acceptors (Lipinski definition) is 4. The van der Waals surface area contributed by atoms with Gasteiger partial charge in [0.25, 0.3) is 5.91 Å². The van der Waals surface area contributed by atoms with Crippen molar-refractivity contribution in [2.45, 2.75) is 51.0 Å². The van der Waals surface area contributed by atoms with Crippen molar-refractivity contribution >= 4 is 46.4 Å². The number of carbonyl (C=O) groups excluding carboxylic acids is 3. The Morgan fingerprint density at radius 1 is 0.763 bits per heavy atom. The van der Waals surface area contributed by atoms with Gasteiger partial charge in [0.1, 0.15) is 0 Å². The summed E-state index contributed by atoms with van der Waals surface area (Å²) < 4.78 is 0. The molecule has 0 spiro atoms. The largest absolute Gasteiger partial charge is 0.376 e. The molecule has 8 heteroatoms. The monoisotopic (exact) mass is 532 g/mol. The molecule has 0 unspecified atom stereocenters. The van der Waals surface area contributed by atoms with Gasteiger partial charge < -0.3 is 21.3 Å². The molecule has 3 aromatic carbocycles. The second-order valence-electron chi connectivity index (χ2n) is 9.52.